The van der Waals surface area contributed by atoms with Crippen molar-refractivity contribution < 1.29 is 9.18 Å². The molecule has 0 aliphatic carbocycles. The number of amides is 1. The highest BCUT2D eigenvalue weighted by Crippen LogP contribution is 2.25. The van der Waals surface area contributed by atoms with Crippen LogP contribution in [0.25, 0.3) is 11.4 Å². The maximum Gasteiger partial charge on any atom is 0.256 e. The van der Waals surface area contributed by atoms with Gasteiger partial charge < -0.3 is 19.7 Å². The molecule has 1 aromatic carbocycles. The van der Waals surface area contributed by atoms with Crippen LogP contribution in [0.4, 0.5) is 16.0 Å². The van der Waals surface area contributed by atoms with E-state index in [-0.39, 0.29) is 17.5 Å². The van der Waals surface area contributed by atoms with Crippen LogP contribution in [0.5, 0.6) is 0 Å². The average Bonchev–Trinajstić information content (AvgIpc) is 3.16. The number of piperazine rings is 1. The topological polar surface area (TPSA) is 79.2 Å². The van der Waals surface area contributed by atoms with Crippen molar-refractivity contribution in [3.63, 3.8) is 0 Å². The molecule has 8 nitrogen and oxygen atoms in total. The van der Waals surface area contributed by atoms with Crippen molar-refractivity contribution in [2.24, 2.45) is 0 Å². The molecule has 9 heteroatoms. The minimum absolute atomic E-state index is 0.0751. The summed E-state index contributed by atoms with van der Waals surface area (Å²) in [6.07, 6.45) is 3.44. The third kappa shape index (κ3) is 4.47. The maximum atomic E-state index is 14.8. The number of rotatable bonds is 5. The number of benzene rings is 1. The second-order valence-electron chi connectivity index (χ2n) is 8.33. The number of likely N-dealkylation sites (N-methyl/N-ethyl adjacent to an activating group) is 1. The van der Waals surface area contributed by atoms with Crippen molar-refractivity contribution in [1.29, 1.82) is 0 Å². The Labute approximate surface area is 187 Å². The van der Waals surface area contributed by atoms with Crippen molar-refractivity contribution in [3.8, 4) is 11.4 Å². The fourth-order valence-corrected chi connectivity index (χ4v) is 3.93. The summed E-state index contributed by atoms with van der Waals surface area (Å²) in [4.78, 5) is 29.8. The van der Waals surface area contributed by atoms with Crippen LogP contribution in [-0.4, -0.2) is 68.5 Å². The molecular weight excluding hydrogens is 409 g/mol. The van der Waals surface area contributed by atoms with Gasteiger partial charge >= 0.3 is 0 Å². The van der Waals surface area contributed by atoms with Gasteiger partial charge in [0.05, 0.1) is 23.1 Å². The molecule has 0 bridgehead atoms. The highest BCUT2D eigenvalue weighted by molar-refractivity contribution is 5.95. The third-order valence-corrected chi connectivity index (χ3v) is 5.66. The molecule has 0 unspecified atom stereocenters. The normalized spacial score (nSPS) is 14.8. The Morgan fingerprint density at radius 3 is 2.56 bits per heavy atom. The van der Waals surface area contributed by atoms with Gasteiger partial charge in [-0.1, -0.05) is 0 Å². The predicted molar refractivity (Wildman–Crippen MR) is 121 cm³/mol. The van der Waals surface area contributed by atoms with Crippen LogP contribution in [0, 0.1) is 12.7 Å². The molecule has 2 aromatic heterocycles. The van der Waals surface area contributed by atoms with Crippen molar-refractivity contribution in [3.05, 3.63) is 53.9 Å². The highest BCUT2D eigenvalue weighted by atomic mass is 19.1. The number of aryl methyl sites for hydroxylation is 1. The van der Waals surface area contributed by atoms with Gasteiger partial charge in [0.25, 0.3) is 5.91 Å². The van der Waals surface area contributed by atoms with Crippen molar-refractivity contribution in [1.82, 2.24) is 29.3 Å². The molecule has 1 amide bonds. The molecule has 1 aliphatic heterocycles. The maximum absolute atomic E-state index is 14.8. The summed E-state index contributed by atoms with van der Waals surface area (Å²) >= 11 is 0. The van der Waals surface area contributed by atoms with E-state index in [9.17, 15) is 9.18 Å². The Hall–Kier alpha value is -3.33. The van der Waals surface area contributed by atoms with E-state index in [0.29, 0.717) is 24.7 Å². The van der Waals surface area contributed by atoms with Gasteiger partial charge in [0.15, 0.2) is 0 Å². The van der Waals surface area contributed by atoms with Crippen LogP contribution in [0.3, 0.4) is 0 Å². The van der Waals surface area contributed by atoms with Gasteiger partial charge in [0, 0.05) is 44.1 Å². The molecule has 1 N–H and O–H groups in total. The predicted octanol–water partition coefficient (Wildman–Crippen LogP) is 3.50. The van der Waals surface area contributed by atoms with Gasteiger partial charge in [-0.05, 0) is 52.1 Å². The van der Waals surface area contributed by atoms with Crippen LogP contribution in [0.15, 0.2) is 36.7 Å². The quantitative estimate of drug-likeness (QED) is 0.658. The van der Waals surface area contributed by atoms with E-state index in [2.05, 4.69) is 43.6 Å². The van der Waals surface area contributed by atoms with E-state index in [0.717, 1.165) is 30.3 Å². The highest BCUT2D eigenvalue weighted by Gasteiger charge is 2.23. The summed E-state index contributed by atoms with van der Waals surface area (Å²) in [6, 6.07) is 6.55. The zero-order chi connectivity index (χ0) is 22.8. The number of hydrogen-bond donors (Lipinski definition) is 1. The van der Waals surface area contributed by atoms with Gasteiger partial charge in [-0.2, -0.15) is 0 Å². The second-order valence-corrected chi connectivity index (χ2v) is 8.33. The number of carbonyl (C=O) groups excluding carboxylic acids is 1. The van der Waals surface area contributed by atoms with Crippen molar-refractivity contribution in [2.45, 2.75) is 26.8 Å². The Bertz CT molecular complexity index is 1120. The number of nitrogens with one attached hydrogen (secondary N) is 1. The molecule has 0 radical (unpaired) electrons. The van der Waals surface area contributed by atoms with Crippen LogP contribution >= 0.6 is 0 Å². The Balaban J connectivity index is 1.52. The molecule has 3 aromatic rings. The fourth-order valence-electron chi connectivity index (χ4n) is 3.93. The number of hydrogen-bond acceptors (Lipinski definition) is 6. The van der Waals surface area contributed by atoms with E-state index in [1.54, 1.807) is 23.4 Å². The second kappa shape index (κ2) is 9.04. The van der Waals surface area contributed by atoms with E-state index >= 15 is 0 Å². The SMILES string of the molecule is Cc1ncc(-c2ccnc(Nc3ccc(C(=O)N4CCN(C)CC4)c(F)c3)n2)n1C(C)C. The number of aromatic nitrogens is 4. The molecule has 4 rings (SSSR count). The standard InChI is InChI=1S/C23H28FN7O/c1-15(2)31-16(3)26-14-21(31)20-7-8-25-23(28-20)27-17-5-6-18(19(24)13-17)22(32)30-11-9-29(4)10-12-30/h5-8,13-15H,9-12H2,1-4H3,(H,25,27,28). The summed E-state index contributed by atoms with van der Waals surface area (Å²) in [5.74, 6) is 0.404. The van der Waals surface area contributed by atoms with E-state index in [1.165, 1.54) is 12.1 Å². The number of imidazole rings is 1. The van der Waals surface area contributed by atoms with Gasteiger partial charge in [0.1, 0.15) is 11.6 Å². The first-order chi connectivity index (χ1) is 15.3. The lowest BCUT2D eigenvalue weighted by Crippen LogP contribution is -2.47. The Kier molecular flexibility index (Phi) is 6.18. The van der Waals surface area contributed by atoms with Gasteiger partial charge in [0.2, 0.25) is 5.95 Å². The third-order valence-electron chi connectivity index (χ3n) is 5.66. The number of anilines is 2. The summed E-state index contributed by atoms with van der Waals surface area (Å²) < 4.78 is 16.9. The van der Waals surface area contributed by atoms with E-state index in [1.807, 2.05) is 20.0 Å². The first-order valence-electron chi connectivity index (χ1n) is 10.7. The van der Waals surface area contributed by atoms with Gasteiger partial charge in [-0.3, -0.25) is 4.79 Å². The minimum atomic E-state index is -0.566. The fraction of sp³-hybridized carbons (Fsp3) is 0.391. The van der Waals surface area contributed by atoms with Gasteiger partial charge in [-0.15, -0.1) is 0 Å². The molecule has 1 saturated heterocycles. The first-order valence-corrected chi connectivity index (χ1v) is 10.7. The Morgan fingerprint density at radius 2 is 1.88 bits per heavy atom. The zero-order valence-corrected chi connectivity index (χ0v) is 18.8. The molecular formula is C23H28FN7O. The average molecular weight is 438 g/mol. The molecule has 168 valence electrons. The minimum Gasteiger partial charge on any atom is -0.336 e. The molecule has 0 atom stereocenters. The lowest BCUT2D eigenvalue weighted by Gasteiger charge is -2.32. The summed E-state index contributed by atoms with van der Waals surface area (Å²) in [5.41, 5.74) is 2.16. The van der Waals surface area contributed by atoms with Gasteiger partial charge in [-0.25, -0.2) is 19.3 Å². The summed E-state index contributed by atoms with van der Waals surface area (Å²) in [7, 11) is 2.01. The summed E-state index contributed by atoms with van der Waals surface area (Å²) in [5, 5.41) is 3.04. The van der Waals surface area contributed by atoms with Crippen molar-refractivity contribution >= 4 is 17.5 Å². The van der Waals surface area contributed by atoms with Crippen molar-refractivity contribution in [2.75, 3.05) is 38.5 Å². The smallest absolute Gasteiger partial charge is 0.256 e. The van der Waals surface area contributed by atoms with Crippen LogP contribution in [-0.2, 0) is 0 Å². The van der Waals surface area contributed by atoms with Crippen LogP contribution in [0.1, 0.15) is 36.1 Å². The molecule has 1 aliphatic rings. The van der Waals surface area contributed by atoms with Crippen LogP contribution < -0.4 is 5.32 Å². The molecule has 0 saturated carbocycles. The largest absolute Gasteiger partial charge is 0.336 e. The number of carbonyl (C=O) groups is 1. The zero-order valence-electron chi connectivity index (χ0n) is 18.8. The van der Waals surface area contributed by atoms with E-state index in [4.69, 9.17) is 0 Å². The van der Waals surface area contributed by atoms with E-state index < -0.39 is 5.82 Å². The number of halogens is 1. The lowest BCUT2D eigenvalue weighted by atomic mass is 10.1. The first kappa shape index (κ1) is 21.9. The molecule has 32 heavy (non-hydrogen) atoms. The monoisotopic (exact) mass is 437 g/mol. The summed E-state index contributed by atoms with van der Waals surface area (Å²) in [6.45, 7) is 8.91. The molecule has 0 spiro atoms. The molecule has 1 fully saturated rings. The lowest BCUT2D eigenvalue weighted by molar-refractivity contribution is 0.0659. The Morgan fingerprint density at radius 1 is 1.12 bits per heavy atom. The number of nitrogens with zero attached hydrogens (tertiary/aromatic N) is 6. The molecule has 3 heterocycles. The van der Waals surface area contributed by atoms with Crippen LogP contribution in [0.2, 0.25) is 0 Å².